The Bertz CT molecular complexity index is 1360. The molecule has 1 saturated heterocycles. The summed E-state index contributed by atoms with van der Waals surface area (Å²) in [5.74, 6) is 0.961. The van der Waals surface area contributed by atoms with Crippen molar-refractivity contribution in [1.29, 1.82) is 10.7 Å². The summed E-state index contributed by atoms with van der Waals surface area (Å²) in [6.07, 6.45) is 4.21. The van der Waals surface area contributed by atoms with Crippen molar-refractivity contribution in [1.82, 2.24) is 9.97 Å². The summed E-state index contributed by atoms with van der Waals surface area (Å²) in [6.45, 7) is 4.87. The van der Waals surface area contributed by atoms with Crippen LogP contribution in [0.3, 0.4) is 0 Å². The Balaban J connectivity index is 1.58. The molecule has 192 valence electrons. The van der Waals surface area contributed by atoms with Crippen LogP contribution in [0.5, 0.6) is 5.75 Å². The molecule has 11 heteroatoms. The van der Waals surface area contributed by atoms with Crippen LogP contribution < -0.4 is 21.1 Å². The lowest BCUT2D eigenvalue weighted by Crippen LogP contribution is -2.33. The van der Waals surface area contributed by atoms with E-state index in [1.165, 1.54) is 12.4 Å². The first-order valence-corrected chi connectivity index (χ1v) is 12.3. The zero-order valence-electron chi connectivity index (χ0n) is 20.4. The van der Waals surface area contributed by atoms with Gasteiger partial charge in [-0.2, -0.15) is 5.26 Å². The third kappa shape index (κ3) is 5.63. The monoisotopic (exact) mass is 539 g/mol. The van der Waals surface area contributed by atoms with Crippen molar-refractivity contribution in [3.8, 4) is 11.8 Å². The molecule has 1 aliphatic rings. The topological polar surface area (TPSA) is 158 Å². The second-order valence-corrected chi connectivity index (χ2v) is 10.3. The van der Waals surface area contributed by atoms with E-state index in [0.717, 1.165) is 6.42 Å². The summed E-state index contributed by atoms with van der Waals surface area (Å²) in [5, 5.41) is 29.5. The molecule has 0 saturated carbocycles. The van der Waals surface area contributed by atoms with Gasteiger partial charge in [0.2, 0.25) is 0 Å². The van der Waals surface area contributed by atoms with Crippen molar-refractivity contribution >= 4 is 40.4 Å². The molecule has 6 N–H and O–H groups in total. The molecule has 0 spiro atoms. The van der Waals surface area contributed by atoms with E-state index >= 15 is 0 Å². The third-order valence-electron chi connectivity index (χ3n) is 6.49. The summed E-state index contributed by atoms with van der Waals surface area (Å²) >= 11 is 12.4. The van der Waals surface area contributed by atoms with Gasteiger partial charge in [0.25, 0.3) is 0 Å². The standard InChI is InChI=1S/C26H27Cl2N7O2/c1-26(2,36)16-5-6-35(13-16)25-14(9-29)7-15(10-34-25)23(31)18-8-17(3-4-21(18)30)37-24(32)22-19(27)11-33-12-20(22)28/h3-4,7-8,10-12,16,24,31,36H,5-6,13,30,32H2,1-2H3/t16-,24-/m0/s1. The number of benzene rings is 1. The molecule has 2 atom stereocenters. The Morgan fingerprint density at radius 3 is 2.59 bits per heavy atom. The zero-order chi connectivity index (χ0) is 26.9. The smallest absolute Gasteiger partial charge is 0.177 e. The van der Waals surface area contributed by atoms with E-state index in [9.17, 15) is 10.4 Å². The highest BCUT2D eigenvalue weighted by atomic mass is 35.5. The molecular weight excluding hydrogens is 513 g/mol. The van der Waals surface area contributed by atoms with E-state index in [1.54, 1.807) is 44.3 Å². The SMILES string of the molecule is CC(C)(O)[C@H]1CCN(c2ncc(C(=N)c3cc(O[C@H](N)c4c(Cl)cncc4Cl)ccc3N)cc2C#N)C1. The Morgan fingerprint density at radius 2 is 1.97 bits per heavy atom. The van der Waals surface area contributed by atoms with Crippen LogP contribution in [0.2, 0.25) is 10.0 Å². The average Bonchev–Trinajstić information content (AvgIpc) is 3.35. The fourth-order valence-electron chi connectivity index (χ4n) is 4.34. The van der Waals surface area contributed by atoms with Crippen LogP contribution in [-0.4, -0.2) is 39.5 Å². The van der Waals surface area contributed by atoms with Gasteiger partial charge in [0, 0.05) is 60.0 Å². The van der Waals surface area contributed by atoms with E-state index in [2.05, 4.69) is 16.0 Å². The van der Waals surface area contributed by atoms with Crippen LogP contribution in [0.15, 0.2) is 42.9 Å². The number of nitrogens with one attached hydrogen (secondary N) is 1. The highest BCUT2D eigenvalue weighted by Crippen LogP contribution is 2.33. The van der Waals surface area contributed by atoms with Gasteiger partial charge in [-0.25, -0.2) is 4.98 Å². The minimum atomic E-state index is -0.979. The molecule has 2 aromatic heterocycles. The van der Waals surface area contributed by atoms with Crippen molar-refractivity contribution < 1.29 is 9.84 Å². The second kappa shape index (κ2) is 10.5. The number of halogens is 2. The predicted molar refractivity (Wildman–Crippen MR) is 144 cm³/mol. The first-order chi connectivity index (χ1) is 17.5. The van der Waals surface area contributed by atoms with Gasteiger partial charge in [-0.3, -0.25) is 16.1 Å². The first kappa shape index (κ1) is 26.6. The molecule has 1 fully saturated rings. The number of nitrogen functional groups attached to an aromatic ring is 1. The van der Waals surface area contributed by atoms with E-state index in [0.29, 0.717) is 52.6 Å². The Kier molecular flexibility index (Phi) is 7.57. The van der Waals surface area contributed by atoms with Gasteiger partial charge >= 0.3 is 0 Å². The largest absolute Gasteiger partial charge is 0.471 e. The van der Waals surface area contributed by atoms with Crippen LogP contribution in [-0.2, 0) is 0 Å². The van der Waals surface area contributed by atoms with Crippen LogP contribution >= 0.6 is 23.2 Å². The highest BCUT2D eigenvalue weighted by molar-refractivity contribution is 6.35. The molecule has 9 nitrogen and oxygen atoms in total. The number of anilines is 2. The number of pyridine rings is 2. The lowest BCUT2D eigenvalue weighted by molar-refractivity contribution is 0.0263. The normalized spacial score (nSPS) is 16.4. The number of hydrogen-bond donors (Lipinski definition) is 4. The Labute approximate surface area is 225 Å². The minimum Gasteiger partial charge on any atom is -0.471 e. The maximum absolute atomic E-state index is 10.4. The first-order valence-electron chi connectivity index (χ1n) is 11.6. The van der Waals surface area contributed by atoms with Gasteiger partial charge in [0.1, 0.15) is 17.6 Å². The number of hydrogen-bond acceptors (Lipinski definition) is 9. The molecule has 0 radical (unpaired) electrons. The molecule has 3 heterocycles. The van der Waals surface area contributed by atoms with Crippen molar-refractivity contribution in [2.75, 3.05) is 23.7 Å². The molecule has 4 rings (SSSR count). The minimum absolute atomic E-state index is 0.0721. The van der Waals surface area contributed by atoms with E-state index in [4.69, 9.17) is 44.8 Å². The van der Waals surface area contributed by atoms with Gasteiger partial charge in [-0.1, -0.05) is 23.2 Å². The molecule has 0 amide bonds. The number of aromatic nitrogens is 2. The number of nitrogens with two attached hydrogens (primary N) is 2. The molecule has 0 aliphatic carbocycles. The molecule has 1 aliphatic heterocycles. The summed E-state index contributed by atoms with van der Waals surface area (Å²) in [7, 11) is 0. The fraction of sp³-hybridized carbons (Fsp3) is 0.308. The van der Waals surface area contributed by atoms with Crippen molar-refractivity contribution in [2.24, 2.45) is 11.7 Å². The van der Waals surface area contributed by atoms with Crippen LogP contribution in [0.1, 0.15) is 48.8 Å². The van der Waals surface area contributed by atoms with Gasteiger partial charge < -0.3 is 20.5 Å². The molecule has 1 aromatic carbocycles. The maximum Gasteiger partial charge on any atom is 0.177 e. The van der Waals surface area contributed by atoms with Crippen LogP contribution in [0.4, 0.5) is 11.5 Å². The van der Waals surface area contributed by atoms with Gasteiger partial charge in [-0.05, 0) is 44.5 Å². The van der Waals surface area contributed by atoms with Crippen molar-refractivity contribution in [2.45, 2.75) is 32.1 Å². The summed E-state index contributed by atoms with van der Waals surface area (Å²) < 4.78 is 5.85. The van der Waals surface area contributed by atoms with Crippen molar-refractivity contribution in [3.63, 3.8) is 0 Å². The predicted octanol–water partition coefficient (Wildman–Crippen LogP) is 4.29. The summed E-state index contributed by atoms with van der Waals surface area (Å²) in [6, 6.07) is 8.64. The molecule has 0 bridgehead atoms. The number of nitrogens with zero attached hydrogens (tertiary/aromatic N) is 4. The molecular formula is C26H27Cl2N7O2. The number of ether oxygens (including phenoxy) is 1. The maximum atomic E-state index is 10.4. The molecule has 37 heavy (non-hydrogen) atoms. The number of nitriles is 1. The molecule has 0 unspecified atom stereocenters. The van der Waals surface area contributed by atoms with Crippen LogP contribution in [0.25, 0.3) is 0 Å². The zero-order valence-corrected chi connectivity index (χ0v) is 21.9. The molecule has 3 aromatic rings. The van der Waals surface area contributed by atoms with Gasteiger partial charge in [0.05, 0.1) is 26.9 Å². The quantitative estimate of drug-likeness (QED) is 0.196. The van der Waals surface area contributed by atoms with E-state index in [1.807, 2.05) is 4.90 Å². The van der Waals surface area contributed by atoms with E-state index < -0.39 is 11.8 Å². The number of rotatable bonds is 7. The van der Waals surface area contributed by atoms with Crippen LogP contribution in [0, 0.1) is 22.7 Å². The van der Waals surface area contributed by atoms with Crippen molar-refractivity contribution in [3.05, 3.63) is 75.2 Å². The van der Waals surface area contributed by atoms with E-state index in [-0.39, 0.29) is 21.7 Å². The average molecular weight is 540 g/mol. The summed E-state index contributed by atoms with van der Waals surface area (Å²) in [5.41, 5.74) is 13.5. The Hall–Kier alpha value is -3.42. The van der Waals surface area contributed by atoms with Gasteiger partial charge in [-0.15, -0.1) is 0 Å². The Morgan fingerprint density at radius 1 is 1.27 bits per heavy atom. The summed E-state index contributed by atoms with van der Waals surface area (Å²) in [4.78, 5) is 10.4. The third-order valence-corrected chi connectivity index (χ3v) is 7.10. The lowest BCUT2D eigenvalue weighted by atomic mass is 9.90. The highest BCUT2D eigenvalue weighted by Gasteiger charge is 2.34. The fourth-order valence-corrected chi connectivity index (χ4v) is 4.92. The van der Waals surface area contributed by atoms with Gasteiger partial charge in [0.15, 0.2) is 6.23 Å². The second-order valence-electron chi connectivity index (χ2n) is 9.47. The number of aliphatic hydroxyl groups is 1. The lowest BCUT2D eigenvalue weighted by Gasteiger charge is -2.26.